The molecule has 5 nitrogen and oxygen atoms in total. The highest BCUT2D eigenvalue weighted by Crippen LogP contribution is 2.27. The van der Waals surface area contributed by atoms with E-state index in [1.54, 1.807) is 0 Å². The first-order valence-electron chi connectivity index (χ1n) is 7.55. The van der Waals surface area contributed by atoms with Crippen molar-refractivity contribution in [3.8, 4) is 0 Å². The van der Waals surface area contributed by atoms with Crippen molar-refractivity contribution >= 4 is 5.82 Å². The summed E-state index contributed by atoms with van der Waals surface area (Å²) in [6.45, 7) is 3.99. The van der Waals surface area contributed by atoms with Gasteiger partial charge in [-0.05, 0) is 32.4 Å². The van der Waals surface area contributed by atoms with Crippen LogP contribution in [0.1, 0.15) is 26.0 Å². The summed E-state index contributed by atoms with van der Waals surface area (Å²) in [6, 6.07) is 3.06. The summed E-state index contributed by atoms with van der Waals surface area (Å²) in [6.07, 6.45) is -5.59. The van der Waals surface area contributed by atoms with Crippen molar-refractivity contribution in [2.75, 3.05) is 19.0 Å². The molecule has 3 atom stereocenters. The maximum Gasteiger partial charge on any atom is 0.433 e. The molecule has 0 spiro atoms. The fourth-order valence-corrected chi connectivity index (χ4v) is 2.50. The number of piperidine rings is 1. The number of likely N-dealkylation sites (tertiary alicyclic amines) is 1. The van der Waals surface area contributed by atoms with Gasteiger partial charge in [-0.3, -0.25) is 4.90 Å². The normalized spacial score (nSPS) is 25.3. The summed E-state index contributed by atoms with van der Waals surface area (Å²) in [5.41, 5.74) is 4.08. The molecule has 3 unspecified atom stereocenters. The Bertz CT molecular complexity index is 514. The molecule has 0 aliphatic carbocycles. The largest absolute Gasteiger partial charge is 0.433 e. The number of halogens is 4. The van der Waals surface area contributed by atoms with Crippen molar-refractivity contribution in [3.05, 3.63) is 23.9 Å². The van der Waals surface area contributed by atoms with Crippen LogP contribution in [0.15, 0.2) is 18.2 Å². The number of anilines is 1. The summed E-state index contributed by atoms with van der Waals surface area (Å²) in [5, 5.41) is 18.9. The monoisotopic (exact) mass is 353 g/mol. The first kappa shape index (κ1) is 20.6. The van der Waals surface area contributed by atoms with Gasteiger partial charge in [0.2, 0.25) is 0 Å². The van der Waals surface area contributed by atoms with Crippen LogP contribution in [0.3, 0.4) is 0 Å². The molecule has 1 saturated heterocycles. The Kier molecular flexibility index (Phi) is 7.37. The third-order valence-electron chi connectivity index (χ3n) is 3.78. The molecule has 1 aliphatic rings. The number of aliphatic hydroxyl groups excluding tert-OH is 2. The molecule has 2 rings (SSSR count). The van der Waals surface area contributed by atoms with Gasteiger partial charge in [-0.15, -0.1) is 0 Å². The number of hydrogen-bond donors (Lipinski definition) is 3. The molecular formula is C15H23F4N3O2. The van der Waals surface area contributed by atoms with E-state index in [1.165, 1.54) is 12.1 Å². The molecule has 2 heterocycles. The zero-order valence-corrected chi connectivity index (χ0v) is 13.5. The van der Waals surface area contributed by atoms with E-state index in [-0.39, 0.29) is 11.9 Å². The average molecular weight is 353 g/mol. The maximum atomic E-state index is 12.6. The lowest BCUT2D eigenvalue weighted by Gasteiger charge is -2.42. The van der Waals surface area contributed by atoms with E-state index in [0.717, 1.165) is 6.07 Å². The predicted octanol–water partition coefficient (Wildman–Crippen LogP) is 1.84. The summed E-state index contributed by atoms with van der Waals surface area (Å²) < 4.78 is 48.1. The highest BCUT2D eigenvalue weighted by molar-refractivity contribution is 5.29. The first-order chi connectivity index (χ1) is 11.1. The molecule has 1 fully saturated rings. The second-order valence-electron chi connectivity index (χ2n) is 5.85. The lowest BCUT2D eigenvalue weighted by Crippen LogP contribution is -2.57. The maximum absolute atomic E-state index is 12.6. The second-order valence-corrected chi connectivity index (χ2v) is 5.85. The van der Waals surface area contributed by atoms with Gasteiger partial charge in [0.25, 0.3) is 0 Å². The van der Waals surface area contributed by atoms with E-state index in [0.29, 0.717) is 13.0 Å². The highest BCUT2D eigenvalue weighted by Gasteiger charge is 2.37. The Balaban J connectivity index is 0.000000243. The van der Waals surface area contributed by atoms with Crippen LogP contribution in [0.5, 0.6) is 0 Å². The Hall–Kier alpha value is -1.45. The first-order valence-corrected chi connectivity index (χ1v) is 7.55. The van der Waals surface area contributed by atoms with Gasteiger partial charge in [0.1, 0.15) is 18.2 Å². The minimum Gasteiger partial charge on any atom is -0.390 e. The van der Waals surface area contributed by atoms with Crippen molar-refractivity contribution in [3.63, 3.8) is 0 Å². The van der Waals surface area contributed by atoms with E-state index in [2.05, 4.69) is 4.98 Å². The smallest absolute Gasteiger partial charge is 0.390 e. The van der Waals surface area contributed by atoms with Gasteiger partial charge < -0.3 is 15.9 Å². The van der Waals surface area contributed by atoms with Crippen LogP contribution >= 0.6 is 0 Å². The van der Waals surface area contributed by atoms with Gasteiger partial charge in [-0.25, -0.2) is 9.37 Å². The molecule has 4 N–H and O–H groups in total. The number of nitrogens with zero attached hydrogens (tertiary/aromatic N) is 2. The molecule has 0 radical (unpaired) electrons. The van der Waals surface area contributed by atoms with Crippen molar-refractivity contribution < 1.29 is 27.8 Å². The Morgan fingerprint density at radius 1 is 1.33 bits per heavy atom. The third-order valence-corrected chi connectivity index (χ3v) is 3.78. The summed E-state index contributed by atoms with van der Waals surface area (Å²) >= 11 is 0. The molecule has 138 valence electrons. The van der Waals surface area contributed by atoms with Crippen molar-refractivity contribution in [1.29, 1.82) is 0 Å². The van der Waals surface area contributed by atoms with E-state index < -0.39 is 36.8 Å². The molecule has 0 aromatic carbocycles. The molecular weight excluding hydrogens is 330 g/mol. The number of aliphatic hydroxyl groups is 2. The van der Waals surface area contributed by atoms with Gasteiger partial charge in [0.05, 0.1) is 18.2 Å². The van der Waals surface area contributed by atoms with Gasteiger partial charge in [0.15, 0.2) is 0 Å². The molecule has 0 saturated carbocycles. The average Bonchev–Trinajstić information content (AvgIpc) is 2.49. The second kappa shape index (κ2) is 8.59. The van der Waals surface area contributed by atoms with Crippen LogP contribution in [-0.2, 0) is 6.18 Å². The number of nitrogens with two attached hydrogens (primary N) is 1. The quantitative estimate of drug-likeness (QED) is 0.707. The van der Waals surface area contributed by atoms with E-state index in [9.17, 15) is 27.8 Å². The van der Waals surface area contributed by atoms with Crippen LogP contribution in [0.25, 0.3) is 0 Å². The number of nitrogen functional groups attached to an aromatic ring is 1. The molecule has 1 aliphatic heterocycles. The Labute approximate surface area is 138 Å². The Morgan fingerprint density at radius 2 is 1.96 bits per heavy atom. The SMILES string of the molecule is CC(C)N1CCC(O)C(O)C1CF.Nc1cccc(C(F)(F)F)n1. The fourth-order valence-electron chi connectivity index (χ4n) is 2.50. The number of aromatic nitrogens is 1. The van der Waals surface area contributed by atoms with Crippen LogP contribution in [0.4, 0.5) is 23.4 Å². The summed E-state index contributed by atoms with van der Waals surface area (Å²) in [4.78, 5) is 5.00. The van der Waals surface area contributed by atoms with Crippen LogP contribution < -0.4 is 5.73 Å². The highest BCUT2D eigenvalue weighted by atomic mass is 19.4. The number of pyridine rings is 1. The van der Waals surface area contributed by atoms with Gasteiger partial charge in [0, 0.05) is 12.6 Å². The molecule has 1 aromatic heterocycles. The standard InChI is InChI=1S/C9H18FNO2.C6H5F3N2/c1-6(2)11-4-3-8(12)9(13)7(11)5-10;7-6(8,9)4-2-1-3-5(10)11-4/h6-9,12-13H,3-5H2,1-2H3;1-3H,(H2,10,11). The summed E-state index contributed by atoms with van der Waals surface area (Å²) in [5.74, 6) is -0.125. The Morgan fingerprint density at radius 3 is 2.38 bits per heavy atom. The van der Waals surface area contributed by atoms with Crippen molar-refractivity contribution in [1.82, 2.24) is 9.88 Å². The van der Waals surface area contributed by atoms with Gasteiger partial charge in [-0.2, -0.15) is 13.2 Å². The lowest BCUT2D eigenvalue weighted by molar-refractivity contribution is -0.141. The van der Waals surface area contributed by atoms with Crippen LogP contribution in [0, 0.1) is 0 Å². The van der Waals surface area contributed by atoms with Gasteiger partial charge in [-0.1, -0.05) is 6.07 Å². The van der Waals surface area contributed by atoms with Crippen molar-refractivity contribution in [2.45, 2.75) is 50.7 Å². The van der Waals surface area contributed by atoms with Crippen LogP contribution in [0.2, 0.25) is 0 Å². The lowest BCUT2D eigenvalue weighted by atomic mass is 9.95. The summed E-state index contributed by atoms with van der Waals surface area (Å²) in [7, 11) is 0. The minimum atomic E-state index is -4.41. The topological polar surface area (TPSA) is 82.6 Å². The number of rotatable bonds is 2. The van der Waals surface area contributed by atoms with Crippen LogP contribution in [-0.4, -0.2) is 57.6 Å². The van der Waals surface area contributed by atoms with Crippen molar-refractivity contribution in [2.24, 2.45) is 0 Å². The molecule has 24 heavy (non-hydrogen) atoms. The number of alkyl halides is 4. The zero-order chi connectivity index (χ0) is 18.5. The molecule has 0 bridgehead atoms. The third kappa shape index (κ3) is 5.57. The fraction of sp³-hybridized carbons (Fsp3) is 0.667. The molecule has 0 amide bonds. The van der Waals surface area contributed by atoms with E-state index in [1.807, 2.05) is 18.7 Å². The molecule has 9 heteroatoms. The zero-order valence-electron chi connectivity index (χ0n) is 13.5. The van der Waals surface area contributed by atoms with E-state index in [4.69, 9.17) is 5.73 Å². The molecule has 1 aromatic rings. The predicted molar refractivity (Wildman–Crippen MR) is 81.9 cm³/mol. The van der Waals surface area contributed by atoms with Gasteiger partial charge >= 0.3 is 6.18 Å². The minimum absolute atomic E-state index is 0.125. The van der Waals surface area contributed by atoms with E-state index >= 15 is 0 Å². The number of hydrogen-bond acceptors (Lipinski definition) is 5.